The van der Waals surface area contributed by atoms with Gasteiger partial charge in [-0.05, 0) is 36.2 Å². The van der Waals surface area contributed by atoms with Crippen LogP contribution in [0.2, 0.25) is 0 Å². The molecule has 1 aromatic carbocycles. The standard InChI is InChI=1S/C24H34N6O3S/c1-6-7-14-30-21-10-9-19(34(32,33)29(4)5)15-20(21)27-23(30)12-13-24(31)26-17-18-8-11-22(25-16-18)28(2)3/h8-11,15-16H,6-7,12-14,17H2,1-5H3,(H,26,31). The molecule has 1 N–H and O–H groups in total. The van der Waals surface area contributed by atoms with Crippen LogP contribution in [0.15, 0.2) is 41.4 Å². The Morgan fingerprint density at radius 3 is 2.50 bits per heavy atom. The molecule has 0 unspecified atom stereocenters. The number of imidazole rings is 1. The first-order valence-corrected chi connectivity index (χ1v) is 12.9. The maximum absolute atomic E-state index is 12.5. The van der Waals surface area contributed by atoms with Crippen LogP contribution < -0.4 is 10.2 Å². The number of nitrogens with one attached hydrogen (secondary N) is 1. The molecule has 10 heteroatoms. The lowest BCUT2D eigenvalue weighted by Gasteiger charge is -2.12. The number of amides is 1. The van der Waals surface area contributed by atoms with Crippen LogP contribution in [0.4, 0.5) is 5.82 Å². The molecule has 2 heterocycles. The van der Waals surface area contributed by atoms with Crippen molar-refractivity contribution in [3.63, 3.8) is 0 Å². The highest BCUT2D eigenvalue weighted by molar-refractivity contribution is 7.89. The highest BCUT2D eigenvalue weighted by Crippen LogP contribution is 2.23. The monoisotopic (exact) mass is 486 g/mol. The normalized spacial score (nSPS) is 11.8. The number of hydrogen-bond donors (Lipinski definition) is 1. The van der Waals surface area contributed by atoms with E-state index in [2.05, 4.69) is 21.8 Å². The van der Waals surface area contributed by atoms with Crippen molar-refractivity contribution in [1.82, 2.24) is 24.2 Å². The maximum atomic E-state index is 12.5. The fourth-order valence-corrected chi connectivity index (χ4v) is 4.51. The smallest absolute Gasteiger partial charge is 0.242 e. The van der Waals surface area contributed by atoms with Gasteiger partial charge in [-0.3, -0.25) is 4.79 Å². The number of carbonyl (C=O) groups is 1. The van der Waals surface area contributed by atoms with Gasteiger partial charge in [0.1, 0.15) is 11.6 Å². The number of aromatic nitrogens is 3. The molecule has 0 saturated carbocycles. The summed E-state index contributed by atoms with van der Waals surface area (Å²) in [7, 11) is 3.34. The Bertz CT molecular complexity index is 1230. The van der Waals surface area contributed by atoms with Crippen LogP contribution in [-0.4, -0.2) is 61.4 Å². The largest absolute Gasteiger partial charge is 0.363 e. The van der Waals surface area contributed by atoms with E-state index in [0.717, 1.165) is 42.1 Å². The fourth-order valence-electron chi connectivity index (χ4n) is 3.59. The third-order valence-electron chi connectivity index (χ3n) is 5.65. The summed E-state index contributed by atoms with van der Waals surface area (Å²) in [5.74, 6) is 1.58. The number of unbranched alkanes of at least 4 members (excludes halogenated alkanes) is 1. The molecule has 1 amide bonds. The minimum Gasteiger partial charge on any atom is -0.363 e. The summed E-state index contributed by atoms with van der Waals surface area (Å²) in [4.78, 5) is 23.7. The lowest BCUT2D eigenvalue weighted by molar-refractivity contribution is -0.121. The number of anilines is 1. The average Bonchev–Trinajstić information content (AvgIpc) is 3.16. The molecule has 0 aliphatic rings. The van der Waals surface area contributed by atoms with Crippen LogP contribution in [-0.2, 0) is 34.3 Å². The van der Waals surface area contributed by atoms with Gasteiger partial charge in [-0.15, -0.1) is 0 Å². The summed E-state index contributed by atoms with van der Waals surface area (Å²) >= 11 is 0. The van der Waals surface area contributed by atoms with Crippen molar-refractivity contribution >= 4 is 32.8 Å². The van der Waals surface area contributed by atoms with Crippen LogP contribution in [0.1, 0.15) is 37.6 Å². The van der Waals surface area contributed by atoms with Crippen molar-refractivity contribution in [3.8, 4) is 0 Å². The Kier molecular flexibility index (Phi) is 8.27. The number of benzene rings is 1. The Hall–Kier alpha value is -2.98. The lowest BCUT2D eigenvalue weighted by Crippen LogP contribution is -2.23. The maximum Gasteiger partial charge on any atom is 0.242 e. The molecule has 0 radical (unpaired) electrons. The van der Waals surface area contributed by atoms with E-state index >= 15 is 0 Å². The quantitative estimate of drug-likeness (QED) is 0.447. The number of aryl methyl sites for hydroxylation is 2. The zero-order chi connectivity index (χ0) is 24.9. The molecular weight excluding hydrogens is 452 g/mol. The number of sulfonamides is 1. The molecule has 9 nitrogen and oxygen atoms in total. The molecular formula is C24H34N6O3S. The Balaban J connectivity index is 1.72. The van der Waals surface area contributed by atoms with Crippen molar-refractivity contribution in [2.45, 2.75) is 50.6 Å². The van der Waals surface area contributed by atoms with Gasteiger partial charge in [0.25, 0.3) is 0 Å². The van der Waals surface area contributed by atoms with Crippen molar-refractivity contribution in [2.75, 3.05) is 33.1 Å². The van der Waals surface area contributed by atoms with E-state index in [4.69, 9.17) is 4.98 Å². The van der Waals surface area contributed by atoms with Gasteiger partial charge >= 0.3 is 0 Å². The Morgan fingerprint density at radius 2 is 1.88 bits per heavy atom. The zero-order valence-corrected chi connectivity index (χ0v) is 21.4. The van der Waals surface area contributed by atoms with E-state index in [9.17, 15) is 13.2 Å². The highest BCUT2D eigenvalue weighted by atomic mass is 32.2. The summed E-state index contributed by atoms with van der Waals surface area (Å²) in [5, 5.41) is 2.94. The molecule has 0 spiro atoms. The minimum atomic E-state index is -3.54. The van der Waals surface area contributed by atoms with Gasteiger partial charge in [0.2, 0.25) is 15.9 Å². The van der Waals surface area contributed by atoms with Gasteiger partial charge in [0.05, 0.1) is 15.9 Å². The van der Waals surface area contributed by atoms with Gasteiger partial charge in [-0.25, -0.2) is 22.7 Å². The van der Waals surface area contributed by atoms with Crippen LogP contribution in [0.5, 0.6) is 0 Å². The van der Waals surface area contributed by atoms with Gasteiger partial charge in [0, 0.05) is 60.3 Å². The number of fused-ring (bicyclic) bond motifs is 1. The van der Waals surface area contributed by atoms with Gasteiger partial charge in [0.15, 0.2) is 0 Å². The van der Waals surface area contributed by atoms with Crippen molar-refractivity contribution < 1.29 is 13.2 Å². The number of hydrogen-bond acceptors (Lipinski definition) is 6. The average molecular weight is 487 g/mol. The summed E-state index contributed by atoms with van der Waals surface area (Å²) in [6.07, 6.45) is 4.52. The van der Waals surface area contributed by atoms with E-state index in [1.165, 1.54) is 18.4 Å². The van der Waals surface area contributed by atoms with Crippen molar-refractivity contribution in [1.29, 1.82) is 0 Å². The lowest BCUT2D eigenvalue weighted by atomic mass is 10.2. The molecule has 34 heavy (non-hydrogen) atoms. The molecule has 184 valence electrons. The third kappa shape index (κ3) is 5.92. The summed E-state index contributed by atoms with van der Waals surface area (Å²) < 4.78 is 28.3. The Labute approximate surface area is 201 Å². The molecule has 0 bridgehead atoms. The van der Waals surface area contributed by atoms with Gasteiger partial charge in [-0.1, -0.05) is 19.4 Å². The second kappa shape index (κ2) is 11.0. The number of carbonyl (C=O) groups excluding carboxylic acids is 1. The van der Waals surface area contributed by atoms with Crippen LogP contribution >= 0.6 is 0 Å². The van der Waals surface area contributed by atoms with E-state index in [-0.39, 0.29) is 10.8 Å². The minimum absolute atomic E-state index is 0.0679. The van der Waals surface area contributed by atoms with E-state index < -0.39 is 10.0 Å². The third-order valence-corrected chi connectivity index (χ3v) is 7.46. The Morgan fingerprint density at radius 1 is 1.12 bits per heavy atom. The number of nitrogens with zero attached hydrogens (tertiary/aromatic N) is 5. The summed E-state index contributed by atoms with van der Waals surface area (Å²) in [5.41, 5.74) is 2.44. The molecule has 2 aromatic heterocycles. The molecule has 0 atom stereocenters. The first kappa shape index (κ1) is 25.6. The molecule has 3 rings (SSSR count). The molecule has 3 aromatic rings. The zero-order valence-electron chi connectivity index (χ0n) is 20.6. The number of rotatable bonds is 11. The number of pyridine rings is 1. The predicted molar refractivity (Wildman–Crippen MR) is 134 cm³/mol. The van der Waals surface area contributed by atoms with E-state index in [1.807, 2.05) is 37.2 Å². The first-order chi connectivity index (χ1) is 16.1. The highest BCUT2D eigenvalue weighted by Gasteiger charge is 2.20. The summed E-state index contributed by atoms with van der Waals surface area (Å²) in [6.45, 7) is 3.30. The first-order valence-electron chi connectivity index (χ1n) is 11.4. The fraction of sp³-hybridized carbons (Fsp3) is 0.458. The summed E-state index contributed by atoms with van der Waals surface area (Å²) in [6, 6.07) is 8.91. The van der Waals surface area contributed by atoms with E-state index in [0.29, 0.717) is 24.9 Å². The molecule has 0 saturated heterocycles. The second-order valence-electron chi connectivity index (χ2n) is 8.67. The van der Waals surface area contributed by atoms with Crippen LogP contribution in [0.3, 0.4) is 0 Å². The van der Waals surface area contributed by atoms with E-state index in [1.54, 1.807) is 18.3 Å². The molecule has 0 aliphatic carbocycles. The predicted octanol–water partition coefficient (Wildman–Crippen LogP) is 2.80. The van der Waals surface area contributed by atoms with Gasteiger partial charge in [-0.2, -0.15) is 0 Å². The molecule has 0 fully saturated rings. The van der Waals surface area contributed by atoms with Crippen LogP contribution in [0, 0.1) is 0 Å². The van der Waals surface area contributed by atoms with Crippen molar-refractivity contribution in [3.05, 3.63) is 47.9 Å². The van der Waals surface area contributed by atoms with Crippen LogP contribution in [0.25, 0.3) is 11.0 Å². The topological polar surface area (TPSA) is 100 Å². The molecule has 0 aliphatic heterocycles. The van der Waals surface area contributed by atoms with Crippen molar-refractivity contribution in [2.24, 2.45) is 0 Å². The SMILES string of the molecule is CCCCn1c(CCC(=O)NCc2ccc(N(C)C)nc2)nc2cc(S(=O)(=O)N(C)C)ccc21. The van der Waals surface area contributed by atoms with Gasteiger partial charge < -0.3 is 14.8 Å². The second-order valence-corrected chi connectivity index (χ2v) is 10.8.